The smallest absolute Gasteiger partial charge is 0.224 e. The van der Waals surface area contributed by atoms with Gasteiger partial charge < -0.3 is 19.9 Å². The normalized spacial score (nSPS) is 20.5. The molecule has 4 rings (SSSR count). The molecular weight excluding hydrogens is 396 g/mol. The lowest BCUT2D eigenvalue weighted by Gasteiger charge is -2.28. The molecule has 4 heterocycles. The van der Waals surface area contributed by atoms with E-state index in [4.69, 9.17) is 9.72 Å². The number of halogens is 1. The zero-order valence-corrected chi connectivity index (χ0v) is 16.4. The van der Waals surface area contributed by atoms with Gasteiger partial charge in [0, 0.05) is 42.9 Å². The molecule has 2 fully saturated rings. The maximum absolute atomic E-state index is 5.41. The van der Waals surface area contributed by atoms with Crippen LogP contribution in [0.1, 0.15) is 12.1 Å². The van der Waals surface area contributed by atoms with E-state index in [0.29, 0.717) is 12.0 Å². The Morgan fingerprint density at radius 2 is 1.88 bits per heavy atom. The summed E-state index contributed by atoms with van der Waals surface area (Å²) in [6.45, 7) is 7.16. The Kier molecular flexibility index (Phi) is 5.21. The lowest BCUT2D eigenvalue weighted by atomic mass is 10.3. The van der Waals surface area contributed by atoms with Crippen molar-refractivity contribution in [3.05, 3.63) is 34.6 Å². The Labute approximate surface area is 161 Å². The van der Waals surface area contributed by atoms with Gasteiger partial charge in [-0.05, 0) is 47.5 Å². The van der Waals surface area contributed by atoms with Crippen molar-refractivity contribution in [1.82, 2.24) is 15.0 Å². The first kappa shape index (κ1) is 17.5. The summed E-state index contributed by atoms with van der Waals surface area (Å²) in [5, 5.41) is 3.49. The third-order valence-corrected chi connectivity index (χ3v) is 5.67. The fourth-order valence-electron chi connectivity index (χ4n) is 3.36. The third kappa shape index (κ3) is 3.91. The van der Waals surface area contributed by atoms with Gasteiger partial charge >= 0.3 is 0 Å². The Balaban J connectivity index is 1.39. The molecular formula is C18H23BrN6O. The summed E-state index contributed by atoms with van der Waals surface area (Å²) in [4.78, 5) is 18.3. The van der Waals surface area contributed by atoms with Crippen LogP contribution in [0.15, 0.2) is 28.9 Å². The Bertz CT molecular complexity index is 767. The second-order valence-corrected chi connectivity index (χ2v) is 7.50. The van der Waals surface area contributed by atoms with Gasteiger partial charge in [0.25, 0.3) is 0 Å². The van der Waals surface area contributed by atoms with Gasteiger partial charge in [-0.25, -0.2) is 9.97 Å². The van der Waals surface area contributed by atoms with Crippen molar-refractivity contribution in [2.45, 2.75) is 19.4 Å². The molecule has 2 aromatic heterocycles. The average molecular weight is 419 g/mol. The van der Waals surface area contributed by atoms with Crippen molar-refractivity contribution in [3.63, 3.8) is 0 Å². The lowest BCUT2D eigenvalue weighted by molar-refractivity contribution is 0.122. The van der Waals surface area contributed by atoms with Crippen LogP contribution in [0.5, 0.6) is 0 Å². The minimum Gasteiger partial charge on any atom is -0.378 e. The van der Waals surface area contributed by atoms with Crippen LogP contribution in [0.3, 0.4) is 0 Å². The highest BCUT2D eigenvalue weighted by atomic mass is 79.9. The van der Waals surface area contributed by atoms with E-state index in [0.717, 1.165) is 67.6 Å². The van der Waals surface area contributed by atoms with E-state index in [1.54, 1.807) is 0 Å². The highest BCUT2D eigenvalue weighted by molar-refractivity contribution is 9.10. The van der Waals surface area contributed by atoms with E-state index in [1.165, 1.54) is 0 Å². The summed E-state index contributed by atoms with van der Waals surface area (Å²) in [5.41, 5.74) is 1.01. The minimum atomic E-state index is 0.320. The fourth-order valence-corrected chi connectivity index (χ4v) is 3.58. The van der Waals surface area contributed by atoms with Crippen molar-refractivity contribution in [2.24, 2.45) is 0 Å². The first-order valence-corrected chi connectivity index (χ1v) is 9.79. The molecule has 0 amide bonds. The fraction of sp³-hybridized carbons (Fsp3) is 0.500. The Morgan fingerprint density at radius 3 is 2.69 bits per heavy atom. The molecule has 2 aliphatic heterocycles. The maximum Gasteiger partial charge on any atom is 0.224 e. The first-order chi connectivity index (χ1) is 12.7. The number of rotatable bonds is 4. The molecule has 1 unspecified atom stereocenters. The van der Waals surface area contributed by atoms with Crippen molar-refractivity contribution >= 4 is 33.5 Å². The number of aromatic nitrogens is 3. The number of hydrogen-bond acceptors (Lipinski definition) is 7. The van der Waals surface area contributed by atoms with Crippen LogP contribution in [0, 0.1) is 6.92 Å². The molecule has 7 nitrogen and oxygen atoms in total. The summed E-state index contributed by atoms with van der Waals surface area (Å²) >= 11 is 3.51. The number of pyridine rings is 1. The molecule has 0 spiro atoms. The Morgan fingerprint density at radius 1 is 1.08 bits per heavy atom. The number of hydrogen-bond donors (Lipinski definition) is 1. The van der Waals surface area contributed by atoms with E-state index >= 15 is 0 Å². The molecule has 2 saturated heterocycles. The second-order valence-electron chi connectivity index (χ2n) is 6.65. The SMILES string of the molecule is Cc1nc(N2CCC(Nc3nccc(N4CCOCC4)n3)C2)ccc1Br. The topological polar surface area (TPSA) is 66.4 Å². The van der Waals surface area contributed by atoms with Crippen molar-refractivity contribution < 1.29 is 4.74 Å². The summed E-state index contributed by atoms with van der Waals surface area (Å²) in [5.74, 6) is 2.68. The minimum absolute atomic E-state index is 0.320. The molecule has 8 heteroatoms. The maximum atomic E-state index is 5.41. The zero-order valence-electron chi connectivity index (χ0n) is 14.9. The van der Waals surface area contributed by atoms with Gasteiger partial charge in [0.05, 0.1) is 18.9 Å². The van der Waals surface area contributed by atoms with Gasteiger partial charge in [0.2, 0.25) is 5.95 Å². The van der Waals surface area contributed by atoms with Gasteiger partial charge in [-0.2, -0.15) is 4.98 Å². The predicted molar refractivity (Wildman–Crippen MR) is 106 cm³/mol. The molecule has 0 bridgehead atoms. The van der Waals surface area contributed by atoms with Gasteiger partial charge in [0.15, 0.2) is 0 Å². The molecule has 1 atom stereocenters. The van der Waals surface area contributed by atoms with Gasteiger partial charge in [-0.1, -0.05) is 0 Å². The molecule has 1 N–H and O–H groups in total. The molecule has 0 aliphatic carbocycles. The Hall–Kier alpha value is -1.93. The molecule has 2 aromatic rings. The van der Waals surface area contributed by atoms with E-state index in [-0.39, 0.29) is 0 Å². The lowest BCUT2D eigenvalue weighted by Crippen LogP contribution is -2.37. The molecule has 0 radical (unpaired) electrons. The first-order valence-electron chi connectivity index (χ1n) is 8.99. The van der Waals surface area contributed by atoms with Gasteiger partial charge in [0.1, 0.15) is 11.6 Å². The third-order valence-electron chi connectivity index (χ3n) is 4.83. The van der Waals surface area contributed by atoms with Crippen LogP contribution < -0.4 is 15.1 Å². The molecule has 2 aliphatic rings. The van der Waals surface area contributed by atoms with Crippen molar-refractivity contribution in [1.29, 1.82) is 0 Å². The van der Waals surface area contributed by atoms with E-state index in [1.807, 2.05) is 19.2 Å². The quantitative estimate of drug-likeness (QED) is 0.817. The predicted octanol–water partition coefficient (Wildman–Crippen LogP) is 2.47. The number of ether oxygens (including phenoxy) is 1. The second kappa shape index (κ2) is 7.75. The van der Waals surface area contributed by atoms with E-state index in [9.17, 15) is 0 Å². The van der Waals surface area contributed by atoms with Crippen LogP contribution in [0.4, 0.5) is 17.6 Å². The molecule has 26 heavy (non-hydrogen) atoms. The number of nitrogens with one attached hydrogen (secondary N) is 1. The average Bonchev–Trinajstić information content (AvgIpc) is 3.13. The summed E-state index contributed by atoms with van der Waals surface area (Å²) in [6.07, 6.45) is 2.87. The summed E-state index contributed by atoms with van der Waals surface area (Å²) < 4.78 is 6.46. The van der Waals surface area contributed by atoms with E-state index < -0.39 is 0 Å². The van der Waals surface area contributed by atoms with Crippen LogP contribution in [0.25, 0.3) is 0 Å². The summed E-state index contributed by atoms with van der Waals surface area (Å²) in [7, 11) is 0. The van der Waals surface area contributed by atoms with Gasteiger partial charge in [-0.3, -0.25) is 0 Å². The number of aryl methyl sites for hydroxylation is 1. The van der Waals surface area contributed by atoms with Crippen molar-refractivity contribution in [2.75, 3.05) is 54.5 Å². The largest absolute Gasteiger partial charge is 0.378 e. The zero-order chi connectivity index (χ0) is 17.9. The van der Waals surface area contributed by atoms with E-state index in [2.05, 4.69) is 53.1 Å². The van der Waals surface area contributed by atoms with Gasteiger partial charge in [-0.15, -0.1) is 0 Å². The van der Waals surface area contributed by atoms with Crippen molar-refractivity contribution in [3.8, 4) is 0 Å². The number of morpholine rings is 1. The molecule has 0 aromatic carbocycles. The highest BCUT2D eigenvalue weighted by Crippen LogP contribution is 2.24. The molecule has 138 valence electrons. The van der Waals surface area contributed by atoms with Crippen LogP contribution in [0.2, 0.25) is 0 Å². The van der Waals surface area contributed by atoms with Crippen LogP contribution in [-0.2, 0) is 4.74 Å². The monoisotopic (exact) mass is 418 g/mol. The van der Waals surface area contributed by atoms with Crippen LogP contribution in [-0.4, -0.2) is 60.4 Å². The number of anilines is 3. The standard InChI is InChI=1S/C18H23BrN6O/c1-13-15(19)2-3-16(21-13)25-7-5-14(12-25)22-18-20-6-4-17(23-18)24-8-10-26-11-9-24/h2-4,6,14H,5,7-12H2,1H3,(H,20,22,23). The highest BCUT2D eigenvalue weighted by Gasteiger charge is 2.24. The molecule has 0 saturated carbocycles. The summed E-state index contributed by atoms with van der Waals surface area (Å²) in [6, 6.07) is 6.41. The van der Waals surface area contributed by atoms with Crippen LogP contribution >= 0.6 is 15.9 Å². The number of nitrogens with zero attached hydrogens (tertiary/aromatic N) is 5.